The molecular formula is C27H29NO7. The molecule has 0 aliphatic carbocycles. The van der Waals surface area contributed by atoms with Crippen molar-refractivity contribution in [2.24, 2.45) is 0 Å². The lowest BCUT2D eigenvalue weighted by atomic mass is 10.00. The first-order valence-electron chi connectivity index (χ1n) is 11.2. The normalized spacial score (nSPS) is 12.9. The molecule has 2 atom stereocenters. The van der Waals surface area contributed by atoms with Crippen LogP contribution in [0.5, 0.6) is 5.75 Å². The second-order valence-electron chi connectivity index (χ2n) is 7.71. The first-order chi connectivity index (χ1) is 17.0. The molecule has 0 spiro atoms. The van der Waals surface area contributed by atoms with Crippen LogP contribution in [0.15, 0.2) is 78.9 Å². The molecule has 3 rings (SSSR count). The number of aliphatic carboxylic acids is 1. The first-order valence-corrected chi connectivity index (χ1v) is 11.2. The Kier molecular flexibility index (Phi) is 9.65. The minimum Gasteiger partial charge on any atom is -0.491 e. The Morgan fingerprint density at radius 2 is 1.77 bits per heavy atom. The van der Waals surface area contributed by atoms with E-state index in [9.17, 15) is 9.59 Å². The van der Waals surface area contributed by atoms with Gasteiger partial charge >= 0.3 is 12.1 Å². The zero-order chi connectivity index (χ0) is 25.0. The molecule has 0 aliphatic rings. The summed E-state index contributed by atoms with van der Waals surface area (Å²) in [5, 5.41) is 22.5. The molecule has 0 heterocycles. The van der Waals surface area contributed by atoms with Gasteiger partial charge in [0.15, 0.2) is 6.10 Å². The number of amides is 1. The molecule has 8 heteroatoms. The van der Waals surface area contributed by atoms with E-state index in [0.717, 1.165) is 16.8 Å². The predicted octanol–water partition coefficient (Wildman–Crippen LogP) is 4.94. The fourth-order valence-corrected chi connectivity index (χ4v) is 3.70. The number of nitrogens with one attached hydrogen (secondary N) is 1. The molecule has 0 saturated carbocycles. The van der Waals surface area contributed by atoms with Gasteiger partial charge in [0.1, 0.15) is 12.4 Å². The summed E-state index contributed by atoms with van der Waals surface area (Å²) in [6, 6.07) is 20.3. The van der Waals surface area contributed by atoms with Gasteiger partial charge in [-0.25, -0.2) is 9.59 Å². The molecule has 0 fully saturated rings. The number of carbonyl (C=O) groups is 2. The van der Waals surface area contributed by atoms with Crippen LogP contribution in [0.25, 0.3) is 10.8 Å². The number of carboxylic acid groups (broad SMARTS) is 1. The van der Waals surface area contributed by atoms with E-state index in [0.29, 0.717) is 29.8 Å². The Balaban J connectivity index is 1.80. The molecule has 1 amide bonds. The van der Waals surface area contributed by atoms with Crippen molar-refractivity contribution in [1.29, 1.82) is 0 Å². The van der Waals surface area contributed by atoms with E-state index >= 15 is 0 Å². The monoisotopic (exact) mass is 479 g/mol. The van der Waals surface area contributed by atoms with Crippen molar-refractivity contribution in [2.75, 3.05) is 25.6 Å². The number of carboxylic acids is 1. The molecule has 0 bridgehead atoms. The van der Waals surface area contributed by atoms with Crippen LogP contribution in [0.1, 0.15) is 24.5 Å². The molecule has 3 aromatic rings. The van der Waals surface area contributed by atoms with Crippen LogP contribution in [0, 0.1) is 0 Å². The van der Waals surface area contributed by atoms with Crippen LogP contribution < -0.4 is 10.1 Å². The highest BCUT2D eigenvalue weighted by Gasteiger charge is 2.27. The Bertz CT molecular complexity index is 1140. The fourth-order valence-electron chi connectivity index (χ4n) is 3.70. The van der Waals surface area contributed by atoms with Gasteiger partial charge in [-0.05, 0) is 42.0 Å². The van der Waals surface area contributed by atoms with Crippen molar-refractivity contribution in [3.05, 3.63) is 84.4 Å². The number of benzene rings is 3. The maximum Gasteiger partial charge on any atom is 0.412 e. The fraction of sp³-hybridized carbons (Fsp3) is 0.259. The highest BCUT2D eigenvalue weighted by molar-refractivity contribution is 6.00. The molecule has 3 N–H and O–H groups in total. The van der Waals surface area contributed by atoms with Gasteiger partial charge in [-0.3, -0.25) is 5.32 Å². The van der Waals surface area contributed by atoms with Crippen LogP contribution in [0.3, 0.4) is 0 Å². The number of carbonyl (C=O) groups excluding carboxylic acids is 1. The van der Waals surface area contributed by atoms with Crippen LogP contribution >= 0.6 is 0 Å². The van der Waals surface area contributed by atoms with E-state index in [-0.39, 0.29) is 13.2 Å². The quantitative estimate of drug-likeness (QED) is 0.315. The van der Waals surface area contributed by atoms with E-state index in [2.05, 4.69) is 5.32 Å². The number of allylic oxidation sites excluding steroid dienone is 1. The average Bonchev–Trinajstić information content (AvgIpc) is 2.87. The number of ether oxygens (including phenoxy) is 3. The smallest absolute Gasteiger partial charge is 0.412 e. The van der Waals surface area contributed by atoms with Crippen LogP contribution in [0.2, 0.25) is 0 Å². The van der Waals surface area contributed by atoms with Gasteiger partial charge in [0, 0.05) is 18.6 Å². The minimum absolute atomic E-state index is 0.0998. The summed E-state index contributed by atoms with van der Waals surface area (Å²) in [5.74, 6) is -0.459. The van der Waals surface area contributed by atoms with Gasteiger partial charge in [0.2, 0.25) is 0 Å². The maximum atomic E-state index is 13.0. The second kappa shape index (κ2) is 13.1. The van der Waals surface area contributed by atoms with Gasteiger partial charge in [0.05, 0.1) is 18.4 Å². The van der Waals surface area contributed by atoms with E-state index in [1.807, 2.05) is 36.4 Å². The Labute approximate surface area is 203 Å². The SMILES string of the molecule is CO[C@H](CC/C=C/C(=O)O)[C@H](OC(=O)Nc1cccc2ccccc12)c1ccc(OCCO)cc1. The molecule has 0 aliphatic heterocycles. The van der Waals surface area contributed by atoms with E-state index in [4.69, 9.17) is 24.4 Å². The molecule has 0 saturated heterocycles. The number of aliphatic hydroxyl groups excluding tert-OH is 1. The predicted molar refractivity (Wildman–Crippen MR) is 133 cm³/mol. The minimum atomic E-state index is -1.03. The number of aliphatic hydroxyl groups is 1. The molecule has 35 heavy (non-hydrogen) atoms. The van der Waals surface area contributed by atoms with Crippen LogP contribution in [-0.2, 0) is 14.3 Å². The third-order valence-corrected chi connectivity index (χ3v) is 5.35. The zero-order valence-corrected chi connectivity index (χ0v) is 19.4. The topological polar surface area (TPSA) is 114 Å². The number of hydrogen-bond donors (Lipinski definition) is 3. The lowest BCUT2D eigenvalue weighted by Gasteiger charge is -2.26. The summed E-state index contributed by atoms with van der Waals surface area (Å²) in [6.45, 7) is 0.0702. The summed E-state index contributed by atoms with van der Waals surface area (Å²) in [6.07, 6.45) is 1.52. The molecule has 0 aromatic heterocycles. The molecular weight excluding hydrogens is 450 g/mol. The standard InChI is InChI=1S/C27H29NO7/c1-33-24(11-4-5-12-25(30)31)26(20-13-15-21(16-14-20)34-18-17-29)35-27(32)28-23-10-6-8-19-7-2-3-9-22(19)23/h2-3,5-10,12-16,24,26,29H,4,11,17-18H2,1H3,(H,28,32)(H,30,31)/b12-5+/t24-,26-/m1/s1. The van der Waals surface area contributed by atoms with Crippen molar-refractivity contribution in [2.45, 2.75) is 25.0 Å². The number of methoxy groups -OCH3 is 1. The molecule has 3 aromatic carbocycles. The first kappa shape index (κ1) is 25.7. The summed E-state index contributed by atoms with van der Waals surface area (Å²) < 4.78 is 16.9. The van der Waals surface area contributed by atoms with Crippen molar-refractivity contribution in [3.8, 4) is 5.75 Å². The van der Waals surface area contributed by atoms with Gasteiger partial charge in [-0.15, -0.1) is 0 Å². The largest absolute Gasteiger partial charge is 0.491 e. The Morgan fingerprint density at radius 1 is 1.03 bits per heavy atom. The van der Waals surface area contributed by atoms with Gasteiger partial charge in [-0.1, -0.05) is 54.6 Å². The molecule has 8 nitrogen and oxygen atoms in total. The number of anilines is 1. The lowest BCUT2D eigenvalue weighted by Crippen LogP contribution is -2.28. The summed E-state index contributed by atoms with van der Waals surface area (Å²) in [5.41, 5.74) is 1.31. The van der Waals surface area contributed by atoms with E-state index in [1.165, 1.54) is 13.2 Å². The number of hydrogen-bond acceptors (Lipinski definition) is 6. The summed E-state index contributed by atoms with van der Waals surface area (Å²) in [4.78, 5) is 23.7. The van der Waals surface area contributed by atoms with Crippen molar-refractivity contribution in [3.63, 3.8) is 0 Å². The summed E-state index contributed by atoms with van der Waals surface area (Å²) in [7, 11) is 1.52. The van der Waals surface area contributed by atoms with E-state index < -0.39 is 24.3 Å². The Morgan fingerprint density at radius 3 is 2.49 bits per heavy atom. The van der Waals surface area contributed by atoms with Gasteiger partial charge < -0.3 is 24.4 Å². The van der Waals surface area contributed by atoms with Gasteiger partial charge in [-0.2, -0.15) is 0 Å². The highest BCUT2D eigenvalue weighted by atomic mass is 16.6. The van der Waals surface area contributed by atoms with Crippen molar-refractivity contribution in [1.82, 2.24) is 0 Å². The highest BCUT2D eigenvalue weighted by Crippen LogP contribution is 2.30. The van der Waals surface area contributed by atoms with Crippen molar-refractivity contribution < 1.29 is 34.0 Å². The zero-order valence-electron chi connectivity index (χ0n) is 19.4. The molecule has 0 unspecified atom stereocenters. The van der Waals surface area contributed by atoms with Crippen LogP contribution in [-0.4, -0.2) is 48.7 Å². The summed E-state index contributed by atoms with van der Waals surface area (Å²) >= 11 is 0. The number of fused-ring (bicyclic) bond motifs is 1. The maximum absolute atomic E-state index is 13.0. The van der Waals surface area contributed by atoms with Crippen LogP contribution in [0.4, 0.5) is 10.5 Å². The number of rotatable bonds is 12. The molecule has 0 radical (unpaired) electrons. The third-order valence-electron chi connectivity index (χ3n) is 5.35. The average molecular weight is 480 g/mol. The lowest BCUT2D eigenvalue weighted by molar-refractivity contribution is -0.131. The Hall–Kier alpha value is -3.88. The van der Waals surface area contributed by atoms with Gasteiger partial charge in [0.25, 0.3) is 0 Å². The second-order valence-corrected chi connectivity index (χ2v) is 7.71. The molecule has 184 valence electrons. The van der Waals surface area contributed by atoms with Crippen molar-refractivity contribution >= 4 is 28.5 Å². The van der Waals surface area contributed by atoms with E-state index in [1.54, 1.807) is 30.3 Å². The third kappa shape index (κ3) is 7.56.